The van der Waals surface area contributed by atoms with Gasteiger partial charge in [-0.05, 0) is 25.0 Å². The summed E-state index contributed by atoms with van der Waals surface area (Å²) in [5.41, 5.74) is 8.59. The number of benzene rings is 1. The van der Waals surface area contributed by atoms with E-state index in [1.807, 2.05) is 18.2 Å². The van der Waals surface area contributed by atoms with Crippen LogP contribution in [-0.2, 0) is 13.0 Å². The number of rotatable bonds is 5. The van der Waals surface area contributed by atoms with Crippen LogP contribution in [-0.4, -0.2) is 9.55 Å². The highest BCUT2D eigenvalue weighted by Gasteiger charge is 2.15. The number of hydrogen-bond donors (Lipinski definition) is 1. The van der Waals surface area contributed by atoms with E-state index in [1.54, 1.807) is 6.07 Å². The molecule has 1 aromatic heterocycles. The molecule has 0 saturated heterocycles. The van der Waals surface area contributed by atoms with Crippen molar-refractivity contribution < 1.29 is 0 Å². The van der Waals surface area contributed by atoms with Crippen molar-refractivity contribution in [2.24, 2.45) is 0 Å². The second kappa shape index (κ2) is 6.25. The number of nitrogens with two attached hydrogens (primary N) is 1. The molecule has 0 unspecified atom stereocenters. The molecule has 0 aliphatic carbocycles. The van der Waals surface area contributed by atoms with Crippen LogP contribution in [0.3, 0.4) is 0 Å². The fourth-order valence-corrected chi connectivity index (χ4v) is 2.35. The van der Waals surface area contributed by atoms with Gasteiger partial charge in [0.1, 0.15) is 17.3 Å². The predicted octanol–water partition coefficient (Wildman–Crippen LogP) is 3.37. The van der Waals surface area contributed by atoms with Crippen molar-refractivity contribution >= 4 is 5.82 Å². The molecule has 104 valence electrons. The molecular weight excluding hydrogens is 248 g/mol. The van der Waals surface area contributed by atoms with E-state index in [9.17, 15) is 0 Å². The van der Waals surface area contributed by atoms with Gasteiger partial charge in [0.25, 0.3) is 0 Å². The molecule has 2 rings (SSSR count). The first kappa shape index (κ1) is 14.1. The standard InChI is InChI=1S/C16H20N4/c1-3-6-14-19-15(16(18)20(14)9-4-2)13-8-5-7-12(10-13)11-17/h5,7-8,10H,3-4,6,9,18H2,1-2H3. The summed E-state index contributed by atoms with van der Waals surface area (Å²) in [4.78, 5) is 4.69. The molecule has 0 radical (unpaired) electrons. The van der Waals surface area contributed by atoms with Crippen LogP contribution in [0.2, 0.25) is 0 Å². The normalized spacial score (nSPS) is 10.4. The lowest BCUT2D eigenvalue weighted by atomic mass is 10.1. The first-order chi connectivity index (χ1) is 9.71. The Bertz CT molecular complexity index is 634. The van der Waals surface area contributed by atoms with E-state index < -0.39 is 0 Å². The van der Waals surface area contributed by atoms with Crippen LogP contribution in [0.5, 0.6) is 0 Å². The Balaban J connectivity index is 2.51. The zero-order valence-electron chi connectivity index (χ0n) is 12.1. The minimum atomic E-state index is 0.629. The Morgan fingerprint density at radius 3 is 2.75 bits per heavy atom. The van der Waals surface area contributed by atoms with Gasteiger partial charge in [-0.25, -0.2) is 4.98 Å². The monoisotopic (exact) mass is 268 g/mol. The summed E-state index contributed by atoms with van der Waals surface area (Å²) in [7, 11) is 0. The molecule has 2 aromatic rings. The lowest BCUT2D eigenvalue weighted by Gasteiger charge is -2.07. The van der Waals surface area contributed by atoms with E-state index in [2.05, 4.69) is 24.5 Å². The van der Waals surface area contributed by atoms with Crippen LogP contribution in [0, 0.1) is 11.3 Å². The number of aryl methyl sites for hydroxylation is 1. The van der Waals surface area contributed by atoms with Crippen molar-refractivity contribution in [1.29, 1.82) is 5.26 Å². The average Bonchev–Trinajstić information content (AvgIpc) is 2.77. The zero-order valence-corrected chi connectivity index (χ0v) is 12.1. The molecule has 0 spiro atoms. The predicted molar refractivity (Wildman–Crippen MR) is 81.1 cm³/mol. The number of anilines is 1. The Hall–Kier alpha value is -2.28. The molecule has 4 heteroatoms. The van der Waals surface area contributed by atoms with Crippen LogP contribution in [0.15, 0.2) is 24.3 Å². The smallest absolute Gasteiger partial charge is 0.131 e. The molecule has 1 heterocycles. The van der Waals surface area contributed by atoms with E-state index in [0.29, 0.717) is 11.4 Å². The number of imidazole rings is 1. The lowest BCUT2D eigenvalue weighted by molar-refractivity contribution is 0.637. The number of aromatic nitrogens is 2. The van der Waals surface area contributed by atoms with E-state index in [1.165, 1.54) is 0 Å². The van der Waals surface area contributed by atoms with Crippen LogP contribution in [0.1, 0.15) is 38.1 Å². The third-order valence-electron chi connectivity index (χ3n) is 3.27. The van der Waals surface area contributed by atoms with E-state index >= 15 is 0 Å². The first-order valence-corrected chi connectivity index (χ1v) is 7.06. The molecule has 0 saturated carbocycles. The topological polar surface area (TPSA) is 67.6 Å². The summed E-state index contributed by atoms with van der Waals surface area (Å²) < 4.78 is 2.10. The lowest BCUT2D eigenvalue weighted by Crippen LogP contribution is -2.06. The minimum absolute atomic E-state index is 0.629. The number of nitrogen functional groups attached to an aromatic ring is 1. The molecule has 1 aromatic carbocycles. The Labute approximate surface area is 119 Å². The van der Waals surface area contributed by atoms with Crippen molar-refractivity contribution in [1.82, 2.24) is 9.55 Å². The SMILES string of the molecule is CCCc1nc(-c2cccc(C#N)c2)c(N)n1CCC. The van der Waals surface area contributed by atoms with Gasteiger partial charge in [-0.3, -0.25) is 0 Å². The van der Waals surface area contributed by atoms with Gasteiger partial charge in [0.05, 0.1) is 11.6 Å². The summed E-state index contributed by atoms with van der Waals surface area (Å²) in [6.45, 7) is 5.15. The first-order valence-electron chi connectivity index (χ1n) is 7.06. The highest BCUT2D eigenvalue weighted by Crippen LogP contribution is 2.27. The van der Waals surface area contributed by atoms with Crippen LogP contribution in [0.4, 0.5) is 5.82 Å². The third-order valence-corrected chi connectivity index (χ3v) is 3.27. The van der Waals surface area contributed by atoms with E-state index in [4.69, 9.17) is 16.0 Å². The molecule has 0 aliphatic heterocycles. The minimum Gasteiger partial charge on any atom is -0.383 e. The maximum absolute atomic E-state index is 9.00. The van der Waals surface area contributed by atoms with Gasteiger partial charge in [0, 0.05) is 18.5 Å². The van der Waals surface area contributed by atoms with Gasteiger partial charge in [-0.15, -0.1) is 0 Å². The maximum atomic E-state index is 9.00. The van der Waals surface area contributed by atoms with Crippen molar-refractivity contribution in [3.05, 3.63) is 35.7 Å². The summed E-state index contributed by atoms with van der Waals surface area (Å²) in [6, 6.07) is 9.59. The molecular formula is C16H20N4. The number of hydrogen-bond acceptors (Lipinski definition) is 3. The molecule has 4 nitrogen and oxygen atoms in total. The molecule has 0 atom stereocenters. The Morgan fingerprint density at radius 1 is 1.30 bits per heavy atom. The largest absolute Gasteiger partial charge is 0.383 e. The van der Waals surface area contributed by atoms with Crippen molar-refractivity contribution in [2.45, 2.75) is 39.7 Å². The highest BCUT2D eigenvalue weighted by molar-refractivity contribution is 5.72. The highest BCUT2D eigenvalue weighted by atomic mass is 15.1. The van der Waals surface area contributed by atoms with Crippen LogP contribution < -0.4 is 5.73 Å². The molecule has 0 bridgehead atoms. The van der Waals surface area contributed by atoms with Crippen LogP contribution >= 0.6 is 0 Å². The van der Waals surface area contributed by atoms with Gasteiger partial charge in [0.15, 0.2) is 0 Å². The van der Waals surface area contributed by atoms with Crippen molar-refractivity contribution in [2.75, 3.05) is 5.73 Å². The quantitative estimate of drug-likeness (QED) is 0.904. The van der Waals surface area contributed by atoms with Crippen LogP contribution in [0.25, 0.3) is 11.3 Å². The van der Waals surface area contributed by atoms with Gasteiger partial charge < -0.3 is 10.3 Å². The van der Waals surface area contributed by atoms with E-state index in [-0.39, 0.29) is 0 Å². The molecule has 0 aliphatic rings. The molecule has 0 amide bonds. The Morgan fingerprint density at radius 2 is 2.10 bits per heavy atom. The summed E-state index contributed by atoms with van der Waals surface area (Å²) in [5.74, 6) is 1.73. The maximum Gasteiger partial charge on any atom is 0.131 e. The number of nitriles is 1. The molecule has 0 fully saturated rings. The molecule has 2 N–H and O–H groups in total. The van der Waals surface area contributed by atoms with Crippen molar-refractivity contribution in [3.63, 3.8) is 0 Å². The summed E-state index contributed by atoms with van der Waals surface area (Å²) >= 11 is 0. The Kier molecular flexibility index (Phi) is 4.41. The third kappa shape index (κ3) is 2.67. The molecule has 20 heavy (non-hydrogen) atoms. The second-order valence-corrected chi connectivity index (χ2v) is 4.86. The van der Waals surface area contributed by atoms with Crippen molar-refractivity contribution in [3.8, 4) is 17.3 Å². The van der Waals surface area contributed by atoms with Gasteiger partial charge in [-0.2, -0.15) is 5.26 Å². The fraction of sp³-hybridized carbons (Fsp3) is 0.375. The van der Waals surface area contributed by atoms with Gasteiger partial charge in [0.2, 0.25) is 0 Å². The summed E-state index contributed by atoms with van der Waals surface area (Å²) in [5, 5.41) is 9.00. The average molecular weight is 268 g/mol. The van der Waals surface area contributed by atoms with E-state index in [0.717, 1.165) is 42.9 Å². The van der Waals surface area contributed by atoms with Gasteiger partial charge in [-0.1, -0.05) is 26.0 Å². The number of nitrogens with zero attached hydrogens (tertiary/aromatic N) is 3. The summed E-state index contributed by atoms with van der Waals surface area (Å²) in [6.07, 6.45) is 2.98. The second-order valence-electron chi connectivity index (χ2n) is 4.86. The zero-order chi connectivity index (χ0) is 14.5. The van der Waals surface area contributed by atoms with Gasteiger partial charge >= 0.3 is 0 Å². The fourth-order valence-electron chi connectivity index (χ4n) is 2.35.